The molecule has 13 heavy (non-hydrogen) atoms. The molecule has 0 radical (unpaired) electrons. The van der Waals surface area contributed by atoms with Gasteiger partial charge in [-0.15, -0.1) is 0 Å². The second-order valence-corrected chi connectivity index (χ2v) is 4.79. The van der Waals surface area contributed by atoms with Gasteiger partial charge in [0.05, 0.1) is 13.2 Å². The largest absolute Gasteiger partial charge is 0.379 e. The molecule has 0 unspecified atom stereocenters. The monoisotopic (exact) mass is 248 g/mol. The van der Waals surface area contributed by atoms with E-state index in [2.05, 4.69) is 25.0 Å². The Bertz CT molecular complexity index is 154. The predicted molar refractivity (Wildman–Crippen MR) is 55.9 cm³/mol. The van der Waals surface area contributed by atoms with Crippen LogP contribution >= 0.6 is 16.1 Å². The van der Waals surface area contributed by atoms with Crippen molar-refractivity contribution in [1.82, 2.24) is 8.83 Å². The van der Waals surface area contributed by atoms with Crippen molar-refractivity contribution in [3.8, 4) is 0 Å². The van der Waals surface area contributed by atoms with E-state index >= 15 is 0 Å². The van der Waals surface area contributed by atoms with Crippen LogP contribution in [-0.4, -0.2) is 54.3 Å². The van der Waals surface area contributed by atoms with E-state index in [1.54, 1.807) is 0 Å². The lowest BCUT2D eigenvalue weighted by molar-refractivity contribution is 0.00690. The molecule has 2 rings (SSSR count). The van der Waals surface area contributed by atoms with Crippen LogP contribution < -0.4 is 0 Å². The van der Waals surface area contributed by atoms with E-state index in [-0.39, 0.29) is 0 Å². The fourth-order valence-electron chi connectivity index (χ4n) is 2.14. The minimum Gasteiger partial charge on any atom is -0.379 e. The summed E-state index contributed by atoms with van der Waals surface area (Å²) in [4.78, 5) is 2.59. The zero-order valence-corrected chi connectivity index (χ0v) is 9.50. The highest BCUT2D eigenvalue weighted by Crippen LogP contribution is 2.19. The number of ether oxygens (including phenoxy) is 1. The minimum atomic E-state index is 0.803. The number of hydrogen-bond donors (Lipinski definition) is 0. The Kier molecular flexibility index (Phi) is 3.60. The van der Waals surface area contributed by atoms with Crippen LogP contribution in [-0.2, 0) is 4.74 Å². The second-order valence-electron chi connectivity index (χ2n) is 3.79. The van der Waals surface area contributed by atoms with Crippen LogP contribution in [0.1, 0.15) is 12.8 Å². The van der Waals surface area contributed by atoms with Crippen molar-refractivity contribution in [2.75, 3.05) is 39.4 Å². The van der Waals surface area contributed by atoms with Crippen LogP contribution in [0.4, 0.5) is 0 Å². The van der Waals surface area contributed by atoms with Crippen LogP contribution in [0.3, 0.4) is 0 Å². The molecule has 0 aromatic rings. The average Bonchev–Trinajstić information content (AvgIpc) is 2.20. The van der Waals surface area contributed by atoms with Crippen molar-refractivity contribution in [3.05, 3.63) is 0 Å². The summed E-state index contributed by atoms with van der Waals surface area (Å²) in [5, 5.41) is 0. The van der Waals surface area contributed by atoms with Crippen LogP contribution in [0.25, 0.3) is 0 Å². The Labute approximate surface area is 88.4 Å². The zero-order valence-electron chi connectivity index (χ0n) is 7.91. The highest BCUT2D eigenvalue weighted by molar-refractivity contribution is 9.07. The van der Waals surface area contributed by atoms with Crippen molar-refractivity contribution in [2.45, 2.75) is 18.9 Å². The summed E-state index contributed by atoms with van der Waals surface area (Å²) in [6.07, 6.45) is 2.59. The number of hydrogen-bond acceptors (Lipinski definition) is 3. The molecule has 0 amide bonds. The summed E-state index contributed by atoms with van der Waals surface area (Å²) in [5.74, 6) is 0. The standard InChI is InChI=1S/C9H17BrN2O/c10-12-3-1-9(2-4-12)11-5-7-13-8-6-11/h9H,1-8H2. The van der Waals surface area contributed by atoms with E-state index in [4.69, 9.17) is 4.74 Å². The van der Waals surface area contributed by atoms with Gasteiger partial charge in [0, 0.05) is 48.4 Å². The number of morpholine rings is 1. The van der Waals surface area contributed by atoms with Crippen molar-refractivity contribution in [2.24, 2.45) is 0 Å². The SMILES string of the molecule is BrN1CCC(N2CCOCC2)CC1. The normalized spacial score (nSPS) is 29.3. The van der Waals surface area contributed by atoms with Crippen LogP contribution in [0.5, 0.6) is 0 Å². The van der Waals surface area contributed by atoms with Gasteiger partial charge in [-0.25, -0.2) is 3.93 Å². The molecule has 2 fully saturated rings. The minimum absolute atomic E-state index is 0.803. The molecule has 0 saturated carbocycles. The molecule has 2 heterocycles. The first-order valence-electron chi connectivity index (χ1n) is 5.09. The molecule has 0 aliphatic carbocycles. The number of rotatable bonds is 1. The van der Waals surface area contributed by atoms with Gasteiger partial charge in [-0.3, -0.25) is 4.90 Å². The lowest BCUT2D eigenvalue weighted by Gasteiger charge is -2.38. The molecule has 2 aliphatic heterocycles. The number of nitrogens with zero attached hydrogens (tertiary/aromatic N) is 2. The second kappa shape index (κ2) is 4.73. The Balaban J connectivity index is 1.79. The van der Waals surface area contributed by atoms with Gasteiger partial charge in [-0.2, -0.15) is 0 Å². The zero-order chi connectivity index (χ0) is 9.10. The molecule has 2 saturated heterocycles. The van der Waals surface area contributed by atoms with Gasteiger partial charge in [-0.1, -0.05) is 0 Å². The Hall–Kier alpha value is 0.360. The highest BCUT2D eigenvalue weighted by Gasteiger charge is 2.24. The Morgan fingerprint density at radius 1 is 1.00 bits per heavy atom. The first-order chi connectivity index (χ1) is 6.36. The summed E-state index contributed by atoms with van der Waals surface area (Å²) < 4.78 is 7.59. The lowest BCUT2D eigenvalue weighted by atomic mass is 10.0. The fraction of sp³-hybridized carbons (Fsp3) is 1.00. The lowest BCUT2D eigenvalue weighted by Crippen LogP contribution is -2.47. The maximum Gasteiger partial charge on any atom is 0.0594 e. The molecular weight excluding hydrogens is 232 g/mol. The molecule has 3 nitrogen and oxygen atoms in total. The van der Waals surface area contributed by atoms with E-state index in [1.807, 2.05) is 0 Å². The van der Waals surface area contributed by atoms with Crippen LogP contribution in [0.15, 0.2) is 0 Å². The van der Waals surface area contributed by atoms with Crippen molar-refractivity contribution in [1.29, 1.82) is 0 Å². The predicted octanol–water partition coefficient (Wildman–Crippen LogP) is 1.09. The topological polar surface area (TPSA) is 15.7 Å². The summed E-state index contributed by atoms with van der Waals surface area (Å²) in [6.45, 7) is 6.48. The molecule has 0 N–H and O–H groups in total. The molecule has 0 spiro atoms. The molecule has 2 aliphatic rings. The summed E-state index contributed by atoms with van der Waals surface area (Å²) >= 11 is 3.53. The third-order valence-corrected chi connectivity index (χ3v) is 3.68. The number of halogens is 1. The molecule has 0 aromatic carbocycles. The maximum absolute atomic E-state index is 5.35. The van der Waals surface area contributed by atoms with Crippen LogP contribution in [0, 0.1) is 0 Å². The fourth-order valence-corrected chi connectivity index (χ4v) is 2.55. The van der Waals surface area contributed by atoms with Gasteiger partial charge in [-0.05, 0) is 12.8 Å². The van der Waals surface area contributed by atoms with Crippen molar-refractivity contribution in [3.63, 3.8) is 0 Å². The van der Waals surface area contributed by atoms with Crippen molar-refractivity contribution < 1.29 is 4.74 Å². The van der Waals surface area contributed by atoms with Gasteiger partial charge in [0.25, 0.3) is 0 Å². The molecule has 0 bridgehead atoms. The summed E-state index contributed by atoms with van der Waals surface area (Å²) in [7, 11) is 0. The molecule has 76 valence electrons. The van der Waals surface area contributed by atoms with E-state index in [1.165, 1.54) is 25.9 Å². The van der Waals surface area contributed by atoms with E-state index < -0.39 is 0 Å². The van der Waals surface area contributed by atoms with E-state index in [0.29, 0.717) is 0 Å². The Morgan fingerprint density at radius 3 is 2.23 bits per heavy atom. The highest BCUT2D eigenvalue weighted by atomic mass is 79.9. The molecule has 0 atom stereocenters. The molecular formula is C9H17BrN2O. The first-order valence-corrected chi connectivity index (χ1v) is 5.80. The third-order valence-electron chi connectivity index (χ3n) is 2.97. The van der Waals surface area contributed by atoms with Gasteiger partial charge in [0.2, 0.25) is 0 Å². The van der Waals surface area contributed by atoms with Crippen LogP contribution in [0.2, 0.25) is 0 Å². The Morgan fingerprint density at radius 2 is 1.62 bits per heavy atom. The third kappa shape index (κ3) is 2.65. The summed E-state index contributed by atoms with van der Waals surface area (Å²) in [6, 6.07) is 0.803. The van der Waals surface area contributed by atoms with Gasteiger partial charge in [0.15, 0.2) is 0 Å². The quantitative estimate of drug-likeness (QED) is 0.647. The van der Waals surface area contributed by atoms with Gasteiger partial charge >= 0.3 is 0 Å². The van der Waals surface area contributed by atoms with Gasteiger partial charge in [0.1, 0.15) is 0 Å². The average molecular weight is 249 g/mol. The summed E-state index contributed by atoms with van der Waals surface area (Å²) in [5.41, 5.74) is 0. The molecule has 0 aromatic heterocycles. The smallest absolute Gasteiger partial charge is 0.0594 e. The van der Waals surface area contributed by atoms with Gasteiger partial charge < -0.3 is 4.74 Å². The van der Waals surface area contributed by atoms with Crippen molar-refractivity contribution >= 4 is 16.1 Å². The maximum atomic E-state index is 5.35. The van der Waals surface area contributed by atoms with E-state index in [9.17, 15) is 0 Å². The first kappa shape index (κ1) is 9.90. The number of piperidine rings is 1. The molecule has 4 heteroatoms. The van der Waals surface area contributed by atoms with E-state index in [0.717, 1.165) is 32.3 Å².